The Morgan fingerprint density at radius 1 is 1.09 bits per heavy atom. The van der Waals surface area contributed by atoms with Crippen LogP contribution < -0.4 is 14.8 Å². The van der Waals surface area contributed by atoms with E-state index in [9.17, 15) is 9.59 Å². The van der Waals surface area contributed by atoms with Gasteiger partial charge in [0.25, 0.3) is 0 Å². The Kier molecular flexibility index (Phi) is 8.52. The Bertz CT molecular complexity index is 964. The lowest BCUT2D eigenvalue weighted by Crippen LogP contribution is -2.34. The van der Waals surface area contributed by atoms with Crippen LogP contribution in [-0.2, 0) is 14.3 Å². The van der Waals surface area contributed by atoms with Gasteiger partial charge in [-0.3, -0.25) is 14.5 Å². The first-order valence-corrected chi connectivity index (χ1v) is 11.1. The fourth-order valence-electron chi connectivity index (χ4n) is 3.18. The molecule has 1 N–H and O–H groups in total. The molecule has 0 aromatic heterocycles. The van der Waals surface area contributed by atoms with Crippen molar-refractivity contribution < 1.29 is 23.8 Å². The zero-order chi connectivity index (χ0) is 22.9. The number of rotatable bonds is 10. The van der Waals surface area contributed by atoms with Crippen molar-refractivity contribution in [3.8, 4) is 11.5 Å². The van der Waals surface area contributed by atoms with Gasteiger partial charge in [-0.1, -0.05) is 23.9 Å². The molecule has 1 heterocycles. The van der Waals surface area contributed by atoms with E-state index in [-0.39, 0.29) is 18.2 Å². The van der Waals surface area contributed by atoms with E-state index in [0.29, 0.717) is 41.9 Å². The monoisotopic (exact) mass is 457 g/mol. The van der Waals surface area contributed by atoms with Gasteiger partial charge in [0.15, 0.2) is 5.17 Å². The van der Waals surface area contributed by atoms with Crippen LogP contribution in [-0.4, -0.2) is 61.6 Å². The van der Waals surface area contributed by atoms with Crippen molar-refractivity contribution in [3.05, 3.63) is 48.5 Å². The molecule has 2 aromatic carbocycles. The van der Waals surface area contributed by atoms with E-state index in [4.69, 9.17) is 14.2 Å². The maximum absolute atomic E-state index is 13.1. The highest BCUT2D eigenvalue weighted by atomic mass is 32.2. The normalized spacial score (nSPS) is 17.0. The van der Waals surface area contributed by atoms with Crippen LogP contribution in [0.25, 0.3) is 0 Å². The van der Waals surface area contributed by atoms with Crippen molar-refractivity contribution in [2.45, 2.75) is 18.1 Å². The van der Waals surface area contributed by atoms with Gasteiger partial charge in [-0.15, -0.1) is 0 Å². The van der Waals surface area contributed by atoms with Gasteiger partial charge in [-0.05, 0) is 42.8 Å². The number of nitrogens with one attached hydrogen (secondary N) is 1. The highest BCUT2D eigenvalue weighted by Gasteiger charge is 2.39. The van der Waals surface area contributed by atoms with Crippen LogP contribution in [0.2, 0.25) is 0 Å². The molecule has 0 radical (unpaired) electrons. The third-order valence-corrected chi connectivity index (χ3v) is 5.97. The third kappa shape index (κ3) is 6.02. The molecule has 2 aromatic rings. The predicted octanol–water partition coefficient (Wildman–Crippen LogP) is 3.70. The number of thioether (sulfide) groups is 1. The van der Waals surface area contributed by atoms with Gasteiger partial charge < -0.3 is 19.5 Å². The number of anilines is 1. The Morgan fingerprint density at radius 2 is 1.84 bits per heavy atom. The second-order valence-electron chi connectivity index (χ2n) is 6.99. The van der Waals surface area contributed by atoms with Crippen LogP contribution in [0, 0.1) is 0 Å². The van der Waals surface area contributed by atoms with Crippen molar-refractivity contribution in [2.75, 3.05) is 39.8 Å². The van der Waals surface area contributed by atoms with Crippen molar-refractivity contribution in [2.24, 2.45) is 4.99 Å². The van der Waals surface area contributed by atoms with Gasteiger partial charge in [-0.2, -0.15) is 0 Å². The average molecular weight is 458 g/mol. The molecule has 1 fully saturated rings. The van der Waals surface area contributed by atoms with E-state index in [1.807, 2.05) is 36.4 Å². The van der Waals surface area contributed by atoms with Crippen LogP contribution in [0.1, 0.15) is 12.8 Å². The number of amides is 2. The summed E-state index contributed by atoms with van der Waals surface area (Å²) in [5.74, 6) is 0.901. The molecular weight excluding hydrogens is 430 g/mol. The first-order chi connectivity index (χ1) is 15.5. The lowest BCUT2D eigenvalue weighted by atomic mass is 10.2. The Hall–Kier alpha value is -3.04. The minimum atomic E-state index is -0.552. The second-order valence-corrected chi connectivity index (χ2v) is 8.16. The number of benzene rings is 2. The minimum Gasteiger partial charge on any atom is -0.497 e. The number of methoxy groups -OCH3 is 3. The molecule has 1 aliphatic rings. The SMILES string of the molecule is COCCCN1C(=O)C(CC(=O)Nc2ccccc2OC)SC1=Nc1ccc(OC)cc1. The number of amidine groups is 1. The molecule has 0 aliphatic carbocycles. The molecule has 1 atom stereocenters. The van der Waals surface area contributed by atoms with Crippen molar-refractivity contribution in [1.29, 1.82) is 0 Å². The number of carbonyl (C=O) groups excluding carboxylic acids is 2. The maximum Gasteiger partial charge on any atom is 0.242 e. The molecule has 3 rings (SSSR count). The molecule has 1 aliphatic heterocycles. The first-order valence-electron chi connectivity index (χ1n) is 10.2. The van der Waals surface area contributed by atoms with Crippen LogP contribution in [0.4, 0.5) is 11.4 Å². The number of aliphatic imine (C=N–C) groups is 1. The second kappa shape index (κ2) is 11.5. The molecule has 1 unspecified atom stereocenters. The lowest BCUT2D eigenvalue weighted by Gasteiger charge is -2.16. The quantitative estimate of drug-likeness (QED) is 0.547. The molecule has 0 spiro atoms. The molecule has 170 valence electrons. The summed E-state index contributed by atoms with van der Waals surface area (Å²) >= 11 is 1.30. The van der Waals surface area contributed by atoms with Gasteiger partial charge in [0, 0.05) is 26.7 Å². The van der Waals surface area contributed by atoms with Crippen LogP contribution in [0.5, 0.6) is 11.5 Å². The summed E-state index contributed by atoms with van der Waals surface area (Å²) < 4.78 is 15.6. The molecule has 2 amide bonds. The number of carbonyl (C=O) groups is 2. The summed E-state index contributed by atoms with van der Waals surface area (Å²) in [7, 11) is 4.77. The Labute approximate surface area is 191 Å². The van der Waals surface area contributed by atoms with E-state index in [1.165, 1.54) is 11.8 Å². The molecular formula is C23H27N3O5S. The number of hydrogen-bond donors (Lipinski definition) is 1. The first kappa shape index (κ1) is 23.6. The molecule has 8 nitrogen and oxygen atoms in total. The van der Waals surface area contributed by atoms with Gasteiger partial charge >= 0.3 is 0 Å². The summed E-state index contributed by atoms with van der Waals surface area (Å²) in [6.07, 6.45) is 0.703. The molecule has 32 heavy (non-hydrogen) atoms. The van der Waals surface area contributed by atoms with Crippen LogP contribution >= 0.6 is 11.8 Å². The fourth-order valence-corrected chi connectivity index (χ4v) is 4.37. The Morgan fingerprint density at radius 3 is 2.53 bits per heavy atom. The van der Waals surface area contributed by atoms with E-state index < -0.39 is 5.25 Å². The highest BCUT2D eigenvalue weighted by molar-refractivity contribution is 8.15. The van der Waals surface area contributed by atoms with Gasteiger partial charge in [-0.25, -0.2) is 4.99 Å². The largest absolute Gasteiger partial charge is 0.497 e. The average Bonchev–Trinajstić information content (AvgIpc) is 3.08. The zero-order valence-corrected chi connectivity index (χ0v) is 19.2. The lowest BCUT2D eigenvalue weighted by molar-refractivity contribution is -0.128. The van der Waals surface area contributed by atoms with Crippen molar-refractivity contribution in [1.82, 2.24) is 4.90 Å². The number of ether oxygens (including phenoxy) is 3. The van der Waals surface area contributed by atoms with Gasteiger partial charge in [0.1, 0.15) is 16.7 Å². The summed E-state index contributed by atoms with van der Waals surface area (Å²) in [5.41, 5.74) is 1.27. The van der Waals surface area contributed by atoms with E-state index >= 15 is 0 Å². The summed E-state index contributed by atoms with van der Waals surface area (Å²) in [6, 6.07) is 14.4. The summed E-state index contributed by atoms with van der Waals surface area (Å²) in [4.78, 5) is 32.0. The summed E-state index contributed by atoms with van der Waals surface area (Å²) in [5, 5.41) is 2.86. The van der Waals surface area contributed by atoms with Crippen LogP contribution in [0.3, 0.4) is 0 Å². The number of hydrogen-bond acceptors (Lipinski definition) is 7. The van der Waals surface area contributed by atoms with E-state index in [2.05, 4.69) is 10.3 Å². The topological polar surface area (TPSA) is 89.5 Å². The molecule has 0 bridgehead atoms. The minimum absolute atomic E-state index is 0.0317. The maximum atomic E-state index is 13.1. The number of nitrogens with zero attached hydrogens (tertiary/aromatic N) is 2. The third-order valence-electron chi connectivity index (χ3n) is 4.80. The molecule has 1 saturated heterocycles. The van der Waals surface area contributed by atoms with Gasteiger partial charge in [0.05, 0.1) is 25.6 Å². The predicted molar refractivity (Wildman–Crippen MR) is 126 cm³/mol. The highest BCUT2D eigenvalue weighted by Crippen LogP contribution is 2.33. The summed E-state index contributed by atoms with van der Waals surface area (Å²) in [6.45, 7) is 1.00. The van der Waals surface area contributed by atoms with Gasteiger partial charge in [0.2, 0.25) is 11.8 Å². The van der Waals surface area contributed by atoms with Crippen LogP contribution in [0.15, 0.2) is 53.5 Å². The molecule has 9 heteroatoms. The van der Waals surface area contributed by atoms with Crippen molar-refractivity contribution in [3.63, 3.8) is 0 Å². The smallest absolute Gasteiger partial charge is 0.242 e. The zero-order valence-electron chi connectivity index (χ0n) is 18.4. The number of para-hydroxylation sites is 2. The van der Waals surface area contributed by atoms with E-state index in [1.54, 1.807) is 38.4 Å². The molecule has 0 saturated carbocycles. The standard InChI is InChI=1S/C23H27N3O5S/c1-29-14-6-13-26-22(28)20(15-21(27)25-18-7-4-5-8-19(18)31-3)32-23(26)24-16-9-11-17(30-2)12-10-16/h4-5,7-12,20H,6,13-15H2,1-3H3,(H,25,27). The Balaban J connectivity index is 1.74. The fraction of sp³-hybridized carbons (Fsp3) is 0.348. The van der Waals surface area contributed by atoms with E-state index in [0.717, 1.165) is 5.75 Å². The van der Waals surface area contributed by atoms with Crippen molar-refractivity contribution >= 4 is 40.1 Å².